The van der Waals surface area contributed by atoms with Gasteiger partial charge in [-0.3, -0.25) is 4.79 Å². The second-order valence-corrected chi connectivity index (χ2v) is 3.53. The minimum Gasteiger partial charge on any atom is -0.411 e. The van der Waals surface area contributed by atoms with Crippen LogP contribution in [0.25, 0.3) is 0 Å². The average Bonchev–Trinajstić information content (AvgIpc) is 2.26. The Bertz CT molecular complexity index is 503. The van der Waals surface area contributed by atoms with Crippen LogP contribution in [0.2, 0.25) is 0 Å². The van der Waals surface area contributed by atoms with Crippen LogP contribution in [0.3, 0.4) is 0 Å². The van der Waals surface area contributed by atoms with Gasteiger partial charge in [-0.15, -0.1) is 0 Å². The topological polar surface area (TPSA) is 61.7 Å². The summed E-state index contributed by atoms with van der Waals surface area (Å²) in [4.78, 5) is 11.0. The average molecular weight is 300 g/mol. The van der Waals surface area contributed by atoms with Crippen LogP contribution >= 0.6 is 0 Å². The fourth-order valence-corrected chi connectivity index (χ4v) is 1.25. The van der Waals surface area contributed by atoms with Crippen molar-refractivity contribution in [3.63, 3.8) is 0 Å². The molecule has 0 unspecified atom stereocenters. The van der Waals surface area contributed by atoms with Crippen molar-refractivity contribution in [2.24, 2.45) is 5.16 Å². The van der Waals surface area contributed by atoms with Crippen molar-refractivity contribution in [3.05, 3.63) is 29.3 Å². The zero-order valence-electron chi connectivity index (χ0n) is 9.38. The smallest absolute Gasteiger partial charge is 0.411 e. The molecule has 1 aromatic carbocycles. The van der Waals surface area contributed by atoms with Crippen LogP contribution in [-0.2, 0) is 17.1 Å². The highest BCUT2D eigenvalue weighted by atomic mass is 19.4. The first kappa shape index (κ1) is 15.8. The van der Waals surface area contributed by atoms with Gasteiger partial charge < -0.3 is 10.5 Å². The van der Waals surface area contributed by atoms with Crippen molar-refractivity contribution in [2.45, 2.75) is 12.4 Å². The molecule has 2 N–H and O–H groups in total. The summed E-state index contributed by atoms with van der Waals surface area (Å²) in [6.45, 7) is 0. The lowest BCUT2D eigenvalue weighted by atomic mass is 10.1. The first-order valence-corrected chi connectivity index (χ1v) is 4.82. The van der Waals surface area contributed by atoms with E-state index in [0.29, 0.717) is 12.1 Å². The quantitative estimate of drug-likeness (QED) is 0.381. The predicted molar refractivity (Wildman–Crippen MR) is 55.4 cm³/mol. The number of amides is 1. The van der Waals surface area contributed by atoms with Crippen LogP contribution in [0.1, 0.15) is 11.1 Å². The summed E-state index contributed by atoms with van der Waals surface area (Å²) in [7, 11) is 0. The first-order valence-electron chi connectivity index (χ1n) is 4.82. The predicted octanol–water partition coefficient (Wildman–Crippen LogP) is 3.12. The SMILES string of the molecule is O=C(/C=N\O)Nc1cc(C(F)(F)F)cc(C(F)(F)F)c1. The van der Waals surface area contributed by atoms with E-state index in [1.807, 2.05) is 0 Å². The monoisotopic (exact) mass is 300 g/mol. The summed E-state index contributed by atoms with van der Waals surface area (Å²) in [5, 5.41) is 12.0. The van der Waals surface area contributed by atoms with Crippen molar-refractivity contribution in [3.8, 4) is 0 Å². The van der Waals surface area contributed by atoms with Crippen LogP contribution < -0.4 is 5.32 Å². The molecule has 1 rings (SSSR count). The van der Waals surface area contributed by atoms with Gasteiger partial charge in [0.15, 0.2) is 0 Å². The number of anilines is 1. The lowest BCUT2D eigenvalue weighted by Crippen LogP contribution is -2.16. The molecule has 0 fully saturated rings. The fraction of sp³-hybridized carbons (Fsp3) is 0.200. The van der Waals surface area contributed by atoms with Gasteiger partial charge in [0, 0.05) is 5.69 Å². The number of nitrogens with one attached hydrogen (secondary N) is 1. The van der Waals surface area contributed by atoms with Gasteiger partial charge in [-0.1, -0.05) is 5.16 Å². The molecular formula is C10H6F6N2O2. The van der Waals surface area contributed by atoms with E-state index >= 15 is 0 Å². The zero-order valence-corrected chi connectivity index (χ0v) is 9.38. The fourth-order valence-electron chi connectivity index (χ4n) is 1.25. The molecule has 0 bridgehead atoms. The number of carbonyl (C=O) groups excluding carboxylic acids is 1. The van der Waals surface area contributed by atoms with Gasteiger partial charge in [0.25, 0.3) is 5.91 Å². The molecule has 1 amide bonds. The van der Waals surface area contributed by atoms with Crippen LogP contribution in [0.5, 0.6) is 0 Å². The molecule has 10 heteroatoms. The lowest BCUT2D eigenvalue weighted by molar-refractivity contribution is -0.143. The highest BCUT2D eigenvalue weighted by Crippen LogP contribution is 2.37. The molecule has 110 valence electrons. The van der Waals surface area contributed by atoms with Crippen molar-refractivity contribution < 1.29 is 36.3 Å². The molecule has 20 heavy (non-hydrogen) atoms. The van der Waals surface area contributed by atoms with Crippen molar-refractivity contribution in [1.82, 2.24) is 0 Å². The molecule has 0 saturated carbocycles. The third kappa shape index (κ3) is 4.14. The Labute approximate surface area is 107 Å². The molecule has 0 atom stereocenters. The second kappa shape index (κ2) is 5.39. The normalized spacial score (nSPS) is 12.7. The van der Waals surface area contributed by atoms with E-state index in [4.69, 9.17) is 5.21 Å². The number of halogens is 6. The summed E-state index contributed by atoms with van der Waals surface area (Å²) in [5.74, 6) is -1.18. The zero-order chi connectivity index (χ0) is 15.6. The number of alkyl halides is 6. The summed E-state index contributed by atoms with van der Waals surface area (Å²) >= 11 is 0. The molecule has 0 saturated heterocycles. The van der Waals surface area contributed by atoms with Gasteiger partial charge in [0.1, 0.15) is 6.21 Å². The number of hydrogen-bond acceptors (Lipinski definition) is 3. The third-order valence-electron chi connectivity index (χ3n) is 2.03. The van der Waals surface area contributed by atoms with E-state index in [1.54, 1.807) is 5.32 Å². The van der Waals surface area contributed by atoms with Gasteiger partial charge in [0.2, 0.25) is 0 Å². The van der Waals surface area contributed by atoms with Crippen molar-refractivity contribution in [1.29, 1.82) is 0 Å². The molecule has 0 radical (unpaired) electrons. The van der Waals surface area contributed by atoms with E-state index in [9.17, 15) is 31.1 Å². The Morgan fingerprint density at radius 3 is 1.85 bits per heavy atom. The maximum Gasteiger partial charge on any atom is 0.416 e. The summed E-state index contributed by atoms with van der Waals surface area (Å²) in [6, 6.07) is 0.590. The van der Waals surface area contributed by atoms with Gasteiger partial charge in [-0.2, -0.15) is 26.3 Å². The highest BCUT2D eigenvalue weighted by Gasteiger charge is 2.37. The van der Waals surface area contributed by atoms with Gasteiger partial charge >= 0.3 is 12.4 Å². The number of hydrogen-bond donors (Lipinski definition) is 2. The van der Waals surface area contributed by atoms with E-state index in [-0.39, 0.29) is 12.3 Å². The Balaban J connectivity index is 3.27. The molecule has 0 heterocycles. The number of oxime groups is 1. The Morgan fingerprint density at radius 1 is 1.05 bits per heavy atom. The lowest BCUT2D eigenvalue weighted by Gasteiger charge is -2.14. The molecule has 4 nitrogen and oxygen atoms in total. The number of carbonyl (C=O) groups is 1. The Kier molecular flexibility index (Phi) is 4.26. The number of benzene rings is 1. The molecular weight excluding hydrogens is 294 g/mol. The van der Waals surface area contributed by atoms with Crippen LogP contribution in [0.15, 0.2) is 23.4 Å². The van der Waals surface area contributed by atoms with Crippen LogP contribution in [0.4, 0.5) is 32.0 Å². The summed E-state index contributed by atoms with van der Waals surface area (Å²) in [6.07, 6.45) is -9.73. The third-order valence-corrected chi connectivity index (χ3v) is 2.03. The molecule has 0 aliphatic rings. The molecule has 0 aliphatic heterocycles. The van der Waals surface area contributed by atoms with E-state index in [1.165, 1.54) is 0 Å². The number of nitrogens with zero attached hydrogens (tertiary/aromatic N) is 1. The Hall–Kier alpha value is -2.26. The van der Waals surface area contributed by atoms with Crippen molar-refractivity contribution in [2.75, 3.05) is 5.32 Å². The Morgan fingerprint density at radius 2 is 1.50 bits per heavy atom. The summed E-state index contributed by atoms with van der Waals surface area (Å²) in [5.41, 5.74) is -3.86. The first-order chi connectivity index (χ1) is 9.04. The maximum atomic E-state index is 12.5. The van der Waals surface area contributed by atoms with Crippen molar-refractivity contribution >= 4 is 17.8 Å². The minimum absolute atomic E-state index is 0.0736. The second-order valence-electron chi connectivity index (χ2n) is 3.53. The molecule has 0 aromatic heterocycles. The standard InChI is InChI=1S/C10H6F6N2O2/c11-9(12,13)5-1-6(10(14,15)16)3-7(2-5)18-8(19)4-17-20/h1-4,20H,(H,18,19)/b17-4-. The molecule has 0 spiro atoms. The van der Waals surface area contributed by atoms with Crippen LogP contribution in [0, 0.1) is 0 Å². The van der Waals surface area contributed by atoms with E-state index in [0.717, 1.165) is 0 Å². The minimum atomic E-state index is -5.01. The number of rotatable bonds is 2. The van der Waals surface area contributed by atoms with E-state index < -0.39 is 35.1 Å². The van der Waals surface area contributed by atoms with Gasteiger partial charge in [-0.05, 0) is 18.2 Å². The highest BCUT2D eigenvalue weighted by molar-refractivity contribution is 6.31. The molecule has 0 aliphatic carbocycles. The van der Waals surface area contributed by atoms with Crippen LogP contribution in [-0.4, -0.2) is 17.3 Å². The van der Waals surface area contributed by atoms with E-state index in [2.05, 4.69) is 5.16 Å². The van der Waals surface area contributed by atoms with Gasteiger partial charge in [-0.25, -0.2) is 0 Å². The summed E-state index contributed by atoms with van der Waals surface area (Å²) < 4.78 is 74.9. The largest absolute Gasteiger partial charge is 0.416 e. The van der Waals surface area contributed by atoms with Gasteiger partial charge in [0.05, 0.1) is 11.1 Å². The molecule has 1 aromatic rings. The maximum absolute atomic E-state index is 12.5.